The molecule has 0 aliphatic carbocycles. The van der Waals surface area contributed by atoms with E-state index in [1.165, 1.54) is 29.5 Å². The monoisotopic (exact) mass is 346 g/mol. The maximum absolute atomic E-state index is 13.4. The first kappa shape index (κ1) is 18.5. The van der Waals surface area contributed by atoms with Crippen LogP contribution in [0.4, 0.5) is 4.39 Å². The molecule has 0 saturated heterocycles. The fourth-order valence-corrected chi connectivity index (χ4v) is 3.29. The molecule has 2 aromatic carbocycles. The van der Waals surface area contributed by atoms with Crippen molar-refractivity contribution in [1.29, 1.82) is 0 Å². The molecule has 128 valence electrons. The van der Waals surface area contributed by atoms with Crippen LogP contribution in [0, 0.1) is 12.7 Å². The molecule has 2 rings (SSSR count). The number of thioether (sulfide) groups is 1. The molecule has 0 aliphatic rings. The smallest absolute Gasteiger partial charge is 0.230 e. The Labute approximate surface area is 147 Å². The molecule has 5 heteroatoms. The number of hydrogen-bond donors (Lipinski definition) is 1. The Hall–Kier alpha value is -1.85. The lowest BCUT2D eigenvalue weighted by molar-refractivity contribution is -0.118. The maximum atomic E-state index is 13.4. The average molecular weight is 346 g/mol. The zero-order valence-electron chi connectivity index (χ0n) is 14.3. The van der Waals surface area contributed by atoms with Crippen LogP contribution in [0.1, 0.15) is 17.2 Å². The van der Waals surface area contributed by atoms with Crippen LogP contribution in [0.5, 0.6) is 0 Å². The molecule has 24 heavy (non-hydrogen) atoms. The number of hydrogen-bond acceptors (Lipinski definition) is 3. The van der Waals surface area contributed by atoms with Crippen LogP contribution in [-0.4, -0.2) is 37.2 Å². The Morgan fingerprint density at radius 1 is 1.21 bits per heavy atom. The summed E-state index contributed by atoms with van der Waals surface area (Å²) in [6.07, 6.45) is 0. The van der Waals surface area contributed by atoms with E-state index in [9.17, 15) is 9.18 Å². The summed E-state index contributed by atoms with van der Waals surface area (Å²) in [6.45, 7) is 2.48. The Balaban J connectivity index is 1.90. The van der Waals surface area contributed by atoms with E-state index in [0.29, 0.717) is 12.3 Å². The summed E-state index contributed by atoms with van der Waals surface area (Å²) in [6, 6.07) is 14.5. The fraction of sp³-hybridized carbons (Fsp3) is 0.316. The molecule has 0 aliphatic heterocycles. The number of likely N-dealkylation sites (N-methyl/N-ethyl adjacent to an activating group) is 1. The van der Waals surface area contributed by atoms with Crippen molar-refractivity contribution in [2.75, 3.05) is 26.4 Å². The summed E-state index contributed by atoms with van der Waals surface area (Å²) >= 11 is 1.53. The summed E-state index contributed by atoms with van der Waals surface area (Å²) in [5, 5.41) is 2.95. The quantitative estimate of drug-likeness (QED) is 0.777. The molecule has 0 heterocycles. The number of nitrogens with zero attached hydrogens (tertiary/aromatic N) is 1. The third kappa shape index (κ3) is 5.35. The third-order valence-corrected chi connectivity index (χ3v) is 4.98. The van der Waals surface area contributed by atoms with E-state index < -0.39 is 0 Å². The van der Waals surface area contributed by atoms with Crippen molar-refractivity contribution >= 4 is 17.7 Å². The number of carbonyl (C=O) groups is 1. The molecule has 0 fully saturated rings. The lowest BCUT2D eigenvalue weighted by atomic mass is 10.1. The second-order valence-electron chi connectivity index (χ2n) is 5.89. The molecule has 1 unspecified atom stereocenters. The standard InChI is InChI=1S/C19H23FN2OS/c1-14-7-4-5-10-18(14)24-13-19(23)21-12-17(22(2)3)15-8-6-9-16(20)11-15/h4-11,17H,12-13H2,1-3H3,(H,21,23). The van der Waals surface area contributed by atoms with E-state index in [0.717, 1.165) is 10.5 Å². The van der Waals surface area contributed by atoms with E-state index in [-0.39, 0.29) is 17.8 Å². The number of nitrogens with one attached hydrogen (secondary N) is 1. The van der Waals surface area contributed by atoms with Gasteiger partial charge in [-0.15, -0.1) is 11.8 Å². The fourth-order valence-electron chi connectivity index (χ4n) is 2.44. The molecule has 1 amide bonds. The molecular formula is C19H23FN2OS. The van der Waals surface area contributed by atoms with Crippen LogP contribution < -0.4 is 5.32 Å². The number of carbonyl (C=O) groups excluding carboxylic acids is 1. The molecule has 1 N–H and O–H groups in total. The molecule has 0 saturated carbocycles. The average Bonchev–Trinajstić information content (AvgIpc) is 2.54. The lowest BCUT2D eigenvalue weighted by Crippen LogP contribution is -2.35. The number of rotatable bonds is 7. The van der Waals surface area contributed by atoms with Gasteiger partial charge < -0.3 is 10.2 Å². The Morgan fingerprint density at radius 2 is 1.96 bits per heavy atom. The highest BCUT2D eigenvalue weighted by atomic mass is 32.2. The molecule has 0 radical (unpaired) electrons. The van der Waals surface area contributed by atoms with E-state index in [1.807, 2.05) is 56.3 Å². The second-order valence-corrected chi connectivity index (χ2v) is 6.91. The van der Waals surface area contributed by atoms with Crippen molar-refractivity contribution < 1.29 is 9.18 Å². The third-order valence-electron chi connectivity index (χ3n) is 3.80. The number of amides is 1. The van der Waals surface area contributed by atoms with Gasteiger partial charge in [-0.3, -0.25) is 4.79 Å². The minimum Gasteiger partial charge on any atom is -0.353 e. The van der Waals surface area contributed by atoms with Crippen molar-refractivity contribution in [3.8, 4) is 0 Å². The number of aryl methyl sites for hydroxylation is 1. The first-order valence-corrected chi connectivity index (χ1v) is 8.83. The van der Waals surface area contributed by atoms with Crippen molar-refractivity contribution in [3.63, 3.8) is 0 Å². The normalized spacial score (nSPS) is 12.2. The van der Waals surface area contributed by atoms with Gasteiger partial charge in [0.05, 0.1) is 11.8 Å². The first-order chi connectivity index (χ1) is 11.5. The lowest BCUT2D eigenvalue weighted by Gasteiger charge is -2.25. The minimum absolute atomic E-state index is 0.0218. The van der Waals surface area contributed by atoms with E-state index >= 15 is 0 Å². The van der Waals surface area contributed by atoms with E-state index in [2.05, 4.69) is 5.32 Å². The van der Waals surface area contributed by atoms with Gasteiger partial charge in [0.25, 0.3) is 0 Å². The zero-order valence-corrected chi connectivity index (χ0v) is 15.1. The van der Waals surface area contributed by atoms with Gasteiger partial charge in [0.15, 0.2) is 0 Å². The van der Waals surface area contributed by atoms with Crippen LogP contribution in [0.3, 0.4) is 0 Å². The summed E-state index contributed by atoms with van der Waals surface area (Å²) in [7, 11) is 3.84. The van der Waals surface area contributed by atoms with Gasteiger partial charge in [0.1, 0.15) is 5.82 Å². The van der Waals surface area contributed by atoms with E-state index in [1.54, 1.807) is 6.07 Å². The SMILES string of the molecule is Cc1ccccc1SCC(=O)NCC(c1cccc(F)c1)N(C)C. The zero-order chi connectivity index (χ0) is 17.5. The highest BCUT2D eigenvalue weighted by molar-refractivity contribution is 8.00. The van der Waals surface area contributed by atoms with E-state index in [4.69, 9.17) is 0 Å². The molecule has 2 aromatic rings. The van der Waals surface area contributed by atoms with Crippen LogP contribution in [0.15, 0.2) is 53.4 Å². The van der Waals surface area contributed by atoms with Crippen molar-refractivity contribution in [2.24, 2.45) is 0 Å². The topological polar surface area (TPSA) is 32.3 Å². The molecule has 1 atom stereocenters. The highest BCUT2D eigenvalue weighted by Crippen LogP contribution is 2.22. The molecular weight excluding hydrogens is 323 g/mol. The Morgan fingerprint density at radius 3 is 2.62 bits per heavy atom. The Bertz CT molecular complexity index is 691. The van der Waals surface area contributed by atoms with Gasteiger partial charge in [-0.25, -0.2) is 4.39 Å². The molecule has 0 spiro atoms. The van der Waals surface area contributed by atoms with Crippen molar-refractivity contribution in [1.82, 2.24) is 10.2 Å². The summed E-state index contributed by atoms with van der Waals surface area (Å²) in [4.78, 5) is 15.2. The second kappa shape index (κ2) is 8.85. The van der Waals surface area contributed by atoms with Crippen molar-refractivity contribution in [2.45, 2.75) is 17.9 Å². The molecule has 3 nitrogen and oxygen atoms in total. The predicted octanol–water partition coefficient (Wildman–Crippen LogP) is 3.65. The number of benzene rings is 2. The molecule has 0 aromatic heterocycles. The summed E-state index contributed by atoms with van der Waals surface area (Å²) < 4.78 is 13.4. The summed E-state index contributed by atoms with van der Waals surface area (Å²) in [5.41, 5.74) is 2.02. The van der Waals surface area contributed by atoms with Gasteiger partial charge in [-0.1, -0.05) is 30.3 Å². The Kier molecular flexibility index (Phi) is 6.82. The maximum Gasteiger partial charge on any atom is 0.230 e. The highest BCUT2D eigenvalue weighted by Gasteiger charge is 2.16. The van der Waals surface area contributed by atoms with Crippen LogP contribution in [0.25, 0.3) is 0 Å². The van der Waals surface area contributed by atoms with Crippen LogP contribution >= 0.6 is 11.8 Å². The van der Waals surface area contributed by atoms with Gasteiger partial charge in [0, 0.05) is 11.4 Å². The van der Waals surface area contributed by atoms with Gasteiger partial charge in [-0.2, -0.15) is 0 Å². The van der Waals surface area contributed by atoms with Crippen molar-refractivity contribution in [3.05, 3.63) is 65.5 Å². The molecule has 0 bridgehead atoms. The minimum atomic E-state index is -0.263. The van der Waals surface area contributed by atoms with Gasteiger partial charge >= 0.3 is 0 Å². The largest absolute Gasteiger partial charge is 0.353 e. The predicted molar refractivity (Wildman–Crippen MR) is 97.7 cm³/mol. The van der Waals surface area contributed by atoms with Crippen LogP contribution in [-0.2, 0) is 4.79 Å². The van der Waals surface area contributed by atoms with Gasteiger partial charge in [0.2, 0.25) is 5.91 Å². The first-order valence-electron chi connectivity index (χ1n) is 7.84. The summed E-state index contributed by atoms with van der Waals surface area (Å²) in [5.74, 6) is 0.0843. The van der Waals surface area contributed by atoms with Gasteiger partial charge in [-0.05, 0) is 50.3 Å². The number of halogens is 1. The van der Waals surface area contributed by atoms with Crippen LogP contribution in [0.2, 0.25) is 0 Å².